The van der Waals surface area contributed by atoms with E-state index in [0.717, 1.165) is 54.6 Å². The second-order valence-electron chi connectivity index (χ2n) is 8.68. The lowest BCUT2D eigenvalue weighted by molar-refractivity contribution is -0.150. The molecule has 1 heterocycles. The molecule has 0 saturated carbocycles. The SMILES string of the molecule is CC.Cc1cccc(C(F)(F)F)c1C(=O)Nc1ccc2c(c1)N(S(=O)(=O)c1ccc(F)cc1)CC(CC(F)(F)F)O2. The molecule has 1 amide bonds. The predicted octanol–water partition coefficient (Wildman–Crippen LogP) is 7.34. The Labute approximate surface area is 231 Å². The molecule has 0 aliphatic carbocycles. The summed E-state index contributed by atoms with van der Waals surface area (Å²) < 4.78 is 126. The van der Waals surface area contributed by atoms with E-state index in [-0.39, 0.29) is 22.7 Å². The van der Waals surface area contributed by atoms with Crippen LogP contribution in [0.4, 0.5) is 42.1 Å². The molecule has 3 aromatic rings. The number of amides is 1. The van der Waals surface area contributed by atoms with Gasteiger partial charge in [0.05, 0.1) is 34.7 Å². The van der Waals surface area contributed by atoms with Gasteiger partial charge in [0.1, 0.15) is 17.7 Å². The average molecular weight is 607 g/mol. The Balaban J connectivity index is 0.00000226. The zero-order valence-electron chi connectivity index (χ0n) is 21.9. The number of ether oxygens (including phenoxy) is 1. The second kappa shape index (κ2) is 12.0. The summed E-state index contributed by atoms with van der Waals surface area (Å²) in [4.78, 5) is 12.5. The fourth-order valence-corrected chi connectivity index (χ4v) is 5.61. The molecule has 0 fully saturated rings. The number of anilines is 2. The van der Waals surface area contributed by atoms with Crippen molar-refractivity contribution in [3.05, 3.63) is 83.2 Å². The number of nitrogens with one attached hydrogen (secondary N) is 1. The van der Waals surface area contributed by atoms with Gasteiger partial charge in [0.25, 0.3) is 15.9 Å². The van der Waals surface area contributed by atoms with Gasteiger partial charge in [0, 0.05) is 5.69 Å². The normalized spacial score (nSPS) is 15.3. The van der Waals surface area contributed by atoms with E-state index in [0.29, 0.717) is 4.31 Å². The van der Waals surface area contributed by atoms with Crippen molar-refractivity contribution in [3.63, 3.8) is 0 Å². The van der Waals surface area contributed by atoms with E-state index in [1.807, 2.05) is 13.8 Å². The fourth-order valence-electron chi connectivity index (χ4n) is 4.11. The van der Waals surface area contributed by atoms with Crippen molar-refractivity contribution in [1.29, 1.82) is 0 Å². The lowest BCUT2D eigenvalue weighted by Gasteiger charge is -2.36. The number of carbonyl (C=O) groups excluding carboxylic acids is 1. The summed E-state index contributed by atoms with van der Waals surface area (Å²) in [7, 11) is -4.55. The van der Waals surface area contributed by atoms with Gasteiger partial charge in [-0.3, -0.25) is 9.10 Å². The summed E-state index contributed by atoms with van der Waals surface area (Å²) >= 11 is 0. The molecule has 0 spiro atoms. The number of halogens is 7. The Kier molecular flexibility index (Phi) is 9.26. The summed E-state index contributed by atoms with van der Waals surface area (Å²) in [5.41, 5.74) is -2.22. The molecule has 1 aliphatic heterocycles. The molecular formula is C27H25F7N2O4S. The lowest BCUT2D eigenvalue weighted by Crippen LogP contribution is -2.45. The van der Waals surface area contributed by atoms with E-state index in [9.17, 15) is 43.9 Å². The smallest absolute Gasteiger partial charge is 0.417 e. The minimum Gasteiger partial charge on any atom is -0.486 e. The first kappa shape index (κ1) is 31.7. The van der Waals surface area contributed by atoms with E-state index in [1.54, 1.807) is 0 Å². The van der Waals surface area contributed by atoms with E-state index >= 15 is 0 Å². The van der Waals surface area contributed by atoms with Gasteiger partial charge in [-0.1, -0.05) is 26.0 Å². The number of rotatable bonds is 5. The number of aryl methyl sites for hydroxylation is 1. The largest absolute Gasteiger partial charge is 0.486 e. The Morgan fingerprint density at radius 3 is 2.22 bits per heavy atom. The quantitative estimate of drug-likeness (QED) is 0.309. The molecule has 1 unspecified atom stereocenters. The molecule has 1 aliphatic rings. The minimum absolute atomic E-state index is 0.0270. The van der Waals surface area contributed by atoms with E-state index in [2.05, 4.69) is 5.32 Å². The van der Waals surface area contributed by atoms with Gasteiger partial charge in [-0.15, -0.1) is 0 Å². The van der Waals surface area contributed by atoms with Gasteiger partial charge in [0.15, 0.2) is 0 Å². The monoisotopic (exact) mass is 606 g/mol. The molecule has 222 valence electrons. The summed E-state index contributed by atoms with van der Waals surface area (Å²) in [6, 6.07) is 10.1. The van der Waals surface area contributed by atoms with E-state index in [1.165, 1.54) is 13.0 Å². The van der Waals surface area contributed by atoms with Gasteiger partial charge in [-0.05, 0) is 61.0 Å². The van der Waals surface area contributed by atoms with Crippen LogP contribution in [0.5, 0.6) is 5.75 Å². The predicted molar refractivity (Wildman–Crippen MR) is 138 cm³/mol. The van der Waals surface area contributed by atoms with Crippen LogP contribution in [0.1, 0.15) is 41.8 Å². The Morgan fingerprint density at radius 1 is 1.00 bits per heavy atom. The average Bonchev–Trinajstić information content (AvgIpc) is 2.88. The third-order valence-corrected chi connectivity index (χ3v) is 7.61. The summed E-state index contributed by atoms with van der Waals surface area (Å²) in [6.07, 6.45) is -12.6. The Bertz CT molecular complexity index is 1510. The maximum Gasteiger partial charge on any atom is 0.417 e. The van der Waals surface area contributed by atoms with Gasteiger partial charge >= 0.3 is 12.4 Å². The number of benzene rings is 3. The highest BCUT2D eigenvalue weighted by atomic mass is 32.2. The molecule has 14 heteroatoms. The Morgan fingerprint density at radius 2 is 1.63 bits per heavy atom. The van der Waals surface area contributed by atoms with E-state index < -0.39 is 69.2 Å². The van der Waals surface area contributed by atoms with Crippen molar-refractivity contribution >= 4 is 27.3 Å². The topological polar surface area (TPSA) is 75.7 Å². The van der Waals surface area contributed by atoms with Crippen LogP contribution in [0, 0.1) is 12.7 Å². The number of carbonyl (C=O) groups is 1. The molecule has 1 atom stereocenters. The summed E-state index contributed by atoms with van der Waals surface area (Å²) in [5, 5.41) is 2.28. The van der Waals surface area contributed by atoms with Crippen molar-refractivity contribution in [2.24, 2.45) is 0 Å². The van der Waals surface area contributed by atoms with Crippen LogP contribution in [0.25, 0.3) is 0 Å². The Hall–Kier alpha value is -3.81. The van der Waals surface area contributed by atoms with Crippen molar-refractivity contribution in [2.45, 2.75) is 50.5 Å². The van der Waals surface area contributed by atoms with Gasteiger partial charge in [-0.2, -0.15) is 26.3 Å². The standard InChI is InChI=1S/C25H19F7N2O4S.C2H6/c1-14-3-2-4-19(25(30,31)32)22(14)23(35)33-16-7-10-21-20(11-16)34(13-17(38-21)12-24(27,28)29)39(36,37)18-8-5-15(26)6-9-18;1-2/h2-11,17H,12-13H2,1H3,(H,33,35);1-2H3. The highest BCUT2D eigenvalue weighted by Gasteiger charge is 2.41. The van der Waals surface area contributed by atoms with Crippen LogP contribution in [0.2, 0.25) is 0 Å². The maximum atomic E-state index is 13.5. The van der Waals surface area contributed by atoms with Crippen LogP contribution in [0.15, 0.2) is 65.6 Å². The molecule has 0 saturated heterocycles. The van der Waals surface area contributed by atoms with Crippen molar-refractivity contribution in [1.82, 2.24) is 0 Å². The molecular weight excluding hydrogens is 581 g/mol. The molecule has 1 N–H and O–H groups in total. The van der Waals surface area contributed by atoms with Gasteiger partial charge in [0.2, 0.25) is 0 Å². The number of hydrogen-bond acceptors (Lipinski definition) is 4. The van der Waals surface area contributed by atoms with Crippen LogP contribution in [-0.4, -0.2) is 33.1 Å². The first-order valence-corrected chi connectivity index (χ1v) is 13.6. The van der Waals surface area contributed by atoms with Gasteiger partial charge < -0.3 is 10.1 Å². The molecule has 3 aromatic carbocycles. The second-order valence-corrected chi connectivity index (χ2v) is 10.5. The summed E-state index contributed by atoms with van der Waals surface area (Å²) in [5.74, 6) is -2.16. The number of alkyl halides is 6. The van der Waals surface area contributed by atoms with Crippen molar-refractivity contribution in [3.8, 4) is 5.75 Å². The third-order valence-electron chi connectivity index (χ3n) is 5.81. The fraction of sp³-hybridized carbons (Fsp3) is 0.296. The highest BCUT2D eigenvalue weighted by molar-refractivity contribution is 7.92. The van der Waals surface area contributed by atoms with Crippen molar-refractivity contribution in [2.75, 3.05) is 16.2 Å². The molecule has 0 radical (unpaired) electrons. The van der Waals surface area contributed by atoms with Crippen molar-refractivity contribution < 1.29 is 48.7 Å². The van der Waals surface area contributed by atoms with Gasteiger partial charge in [-0.25, -0.2) is 12.8 Å². The molecule has 6 nitrogen and oxygen atoms in total. The highest BCUT2D eigenvalue weighted by Crippen LogP contribution is 2.41. The van der Waals surface area contributed by atoms with E-state index in [4.69, 9.17) is 4.74 Å². The zero-order chi connectivity index (χ0) is 30.8. The summed E-state index contributed by atoms with van der Waals surface area (Å²) in [6.45, 7) is 4.53. The number of fused-ring (bicyclic) bond motifs is 1. The van der Waals surface area contributed by atoms with Crippen LogP contribution >= 0.6 is 0 Å². The molecule has 4 rings (SSSR count). The number of nitrogens with zero attached hydrogens (tertiary/aromatic N) is 1. The first-order chi connectivity index (χ1) is 19.1. The first-order valence-electron chi connectivity index (χ1n) is 12.2. The zero-order valence-corrected chi connectivity index (χ0v) is 22.7. The third kappa shape index (κ3) is 7.29. The van der Waals surface area contributed by atoms with Crippen LogP contribution in [0.3, 0.4) is 0 Å². The molecule has 41 heavy (non-hydrogen) atoms. The lowest BCUT2D eigenvalue weighted by atomic mass is 10.0. The van der Waals surface area contributed by atoms with Crippen LogP contribution < -0.4 is 14.4 Å². The molecule has 0 aromatic heterocycles. The number of hydrogen-bond donors (Lipinski definition) is 1. The van der Waals surface area contributed by atoms with Crippen LogP contribution in [-0.2, 0) is 16.2 Å². The molecule has 0 bridgehead atoms. The minimum atomic E-state index is -4.84. The maximum absolute atomic E-state index is 13.5. The number of sulfonamides is 1.